The monoisotopic (exact) mass is 464 g/mol. The number of carbonyl (C=O) groups is 3. The highest BCUT2D eigenvalue weighted by Crippen LogP contribution is 2.18. The summed E-state index contributed by atoms with van der Waals surface area (Å²) in [5.41, 5.74) is 7.84. The van der Waals surface area contributed by atoms with Crippen molar-refractivity contribution in [3.8, 4) is 0 Å². The highest BCUT2D eigenvalue weighted by molar-refractivity contribution is 6.01. The third-order valence-electron chi connectivity index (χ3n) is 6.75. The molecule has 2 aromatic rings. The first kappa shape index (κ1) is 25.4. The summed E-state index contributed by atoms with van der Waals surface area (Å²) < 4.78 is 0. The Morgan fingerprint density at radius 3 is 2.26 bits per heavy atom. The fourth-order valence-corrected chi connectivity index (χ4v) is 4.22. The predicted molar refractivity (Wildman–Crippen MR) is 134 cm³/mol. The molecule has 1 aliphatic heterocycles. The normalized spacial score (nSPS) is 16.4. The average Bonchev–Trinajstić information content (AvgIpc) is 2.87. The van der Waals surface area contributed by atoms with Crippen LogP contribution in [0.1, 0.15) is 49.0 Å². The van der Waals surface area contributed by atoms with E-state index in [2.05, 4.69) is 15.5 Å². The van der Waals surface area contributed by atoms with E-state index in [1.165, 1.54) is 5.56 Å². The van der Waals surface area contributed by atoms with E-state index in [4.69, 9.17) is 5.73 Å². The van der Waals surface area contributed by atoms with Gasteiger partial charge in [0.15, 0.2) is 0 Å². The Kier molecular flexibility index (Phi) is 9.22. The van der Waals surface area contributed by atoms with Crippen LogP contribution in [0.4, 0.5) is 5.69 Å². The van der Waals surface area contributed by atoms with E-state index in [9.17, 15) is 14.4 Å². The summed E-state index contributed by atoms with van der Waals surface area (Å²) in [6.07, 6.45) is 3.33. The molecular formula is C27H36N4O3. The minimum absolute atomic E-state index is 0.00867. The van der Waals surface area contributed by atoms with Crippen LogP contribution in [0.5, 0.6) is 0 Å². The zero-order chi connectivity index (χ0) is 24.5. The second kappa shape index (κ2) is 12.3. The van der Waals surface area contributed by atoms with Gasteiger partial charge in [-0.15, -0.1) is 0 Å². The first-order chi connectivity index (χ1) is 16.4. The molecule has 3 amide bonds. The lowest BCUT2D eigenvalue weighted by molar-refractivity contribution is -0.123. The molecule has 2 aromatic carbocycles. The Bertz CT molecular complexity index is 954. The second-order valence-electron chi connectivity index (χ2n) is 9.16. The molecule has 2 atom stereocenters. The Labute approximate surface area is 202 Å². The standard InChI is InChI=1S/C27H36N4O3/c1-3-19(2)24(30-26(33)22-7-5-4-6-8-22)27(34)29-23-11-9-20(10-12-23)13-16-31-17-14-21(15-18-31)25(28)32/h4-12,19,21,24H,3,13-18H2,1-2H3,(H2,28,32)(H,29,34)(H,30,33). The molecule has 2 unspecified atom stereocenters. The maximum absolute atomic E-state index is 13.0. The van der Waals surface area contributed by atoms with Crippen molar-refractivity contribution in [2.45, 2.75) is 45.6 Å². The Morgan fingerprint density at radius 2 is 1.68 bits per heavy atom. The quantitative estimate of drug-likeness (QED) is 0.502. The summed E-state index contributed by atoms with van der Waals surface area (Å²) in [5.74, 6) is -0.658. The summed E-state index contributed by atoms with van der Waals surface area (Å²) in [5, 5.41) is 5.85. The molecule has 0 radical (unpaired) electrons. The predicted octanol–water partition coefficient (Wildman–Crippen LogP) is 3.21. The highest BCUT2D eigenvalue weighted by atomic mass is 16.2. The third-order valence-corrected chi connectivity index (χ3v) is 6.75. The lowest BCUT2D eigenvalue weighted by atomic mass is 9.96. The molecule has 0 bridgehead atoms. The largest absolute Gasteiger partial charge is 0.369 e. The van der Waals surface area contributed by atoms with E-state index in [0.29, 0.717) is 11.3 Å². The molecule has 0 aliphatic carbocycles. The second-order valence-corrected chi connectivity index (χ2v) is 9.16. The fraction of sp³-hybridized carbons (Fsp3) is 0.444. The van der Waals surface area contributed by atoms with E-state index in [0.717, 1.165) is 45.3 Å². The molecule has 1 saturated heterocycles. The minimum atomic E-state index is -0.624. The van der Waals surface area contributed by atoms with Crippen molar-refractivity contribution in [3.05, 3.63) is 65.7 Å². The molecule has 4 N–H and O–H groups in total. The van der Waals surface area contributed by atoms with Gasteiger partial charge >= 0.3 is 0 Å². The molecule has 7 heteroatoms. The number of nitrogens with two attached hydrogens (primary N) is 1. The van der Waals surface area contributed by atoms with E-state index in [-0.39, 0.29) is 29.6 Å². The zero-order valence-electron chi connectivity index (χ0n) is 20.1. The number of rotatable bonds is 10. The maximum Gasteiger partial charge on any atom is 0.251 e. The molecular weight excluding hydrogens is 428 g/mol. The van der Waals surface area contributed by atoms with Gasteiger partial charge in [0.1, 0.15) is 6.04 Å². The topological polar surface area (TPSA) is 105 Å². The van der Waals surface area contributed by atoms with E-state index < -0.39 is 6.04 Å². The number of benzene rings is 2. The van der Waals surface area contributed by atoms with Gasteiger partial charge in [-0.3, -0.25) is 14.4 Å². The maximum atomic E-state index is 13.0. The van der Waals surface area contributed by atoms with Crippen molar-refractivity contribution in [1.29, 1.82) is 0 Å². The summed E-state index contributed by atoms with van der Waals surface area (Å²) in [6, 6.07) is 16.2. The van der Waals surface area contributed by atoms with Crippen molar-refractivity contribution in [3.63, 3.8) is 0 Å². The molecule has 3 rings (SSSR count). The number of nitrogens with one attached hydrogen (secondary N) is 2. The average molecular weight is 465 g/mol. The molecule has 0 aromatic heterocycles. The van der Waals surface area contributed by atoms with Crippen LogP contribution in [0.3, 0.4) is 0 Å². The van der Waals surface area contributed by atoms with Crippen LogP contribution in [-0.4, -0.2) is 48.3 Å². The van der Waals surface area contributed by atoms with E-state index in [1.54, 1.807) is 24.3 Å². The zero-order valence-corrected chi connectivity index (χ0v) is 20.1. The van der Waals surface area contributed by atoms with Crippen molar-refractivity contribution < 1.29 is 14.4 Å². The number of anilines is 1. The first-order valence-corrected chi connectivity index (χ1v) is 12.1. The third kappa shape index (κ3) is 7.15. The highest BCUT2D eigenvalue weighted by Gasteiger charge is 2.26. The lowest BCUT2D eigenvalue weighted by Crippen LogP contribution is -2.47. The van der Waals surface area contributed by atoms with Gasteiger partial charge in [-0.1, -0.05) is 50.6 Å². The number of piperidine rings is 1. The van der Waals surface area contributed by atoms with Crippen LogP contribution >= 0.6 is 0 Å². The van der Waals surface area contributed by atoms with Crippen molar-refractivity contribution in [2.24, 2.45) is 17.6 Å². The van der Waals surface area contributed by atoms with E-state index >= 15 is 0 Å². The van der Waals surface area contributed by atoms with Crippen LogP contribution in [-0.2, 0) is 16.0 Å². The van der Waals surface area contributed by atoms with Crippen LogP contribution in [0.15, 0.2) is 54.6 Å². The Morgan fingerprint density at radius 1 is 1.03 bits per heavy atom. The van der Waals surface area contributed by atoms with Gasteiger partial charge in [-0.2, -0.15) is 0 Å². The molecule has 7 nitrogen and oxygen atoms in total. The summed E-state index contributed by atoms with van der Waals surface area (Å²) in [6.45, 7) is 6.69. The van der Waals surface area contributed by atoms with Crippen molar-refractivity contribution in [1.82, 2.24) is 10.2 Å². The van der Waals surface area contributed by atoms with Crippen LogP contribution in [0.2, 0.25) is 0 Å². The molecule has 1 aliphatic rings. The van der Waals surface area contributed by atoms with Gasteiger partial charge in [0.2, 0.25) is 11.8 Å². The van der Waals surface area contributed by atoms with Gasteiger partial charge < -0.3 is 21.3 Å². The van der Waals surface area contributed by atoms with Crippen LogP contribution < -0.4 is 16.4 Å². The van der Waals surface area contributed by atoms with Crippen LogP contribution in [0.25, 0.3) is 0 Å². The molecule has 182 valence electrons. The molecule has 1 heterocycles. The van der Waals surface area contributed by atoms with Crippen molar-refractivity contribution >= 4 is 23.4 Å². The molecule has 0 spiro atoms. The van der Waals surface area contributed by atoms with Crippen LogP contribution in [0, 0.1) is 11.8 Å². The van der Waals surface area contributed by atoms with Gasteiger partial charge in [0.05, 0.1) is 0 Å². The molecule has 1 fully saturated rings. The van der Waals surface area contributed by atoms with Gasteiger partial charge in [-0.05, 0) is 68.1 Å². The molecule has 0 saturated carbocycles. The number of hydrogen-bond donors (Lipinski definition) is 3. The van der Waals surface area contributed by atoms with E-state index in [1.807, 2.05) is 44.2 Å². The fourth-order valence-electron chi connectivity index (χ4n) is 4.22. The first-order valence-electron chi connectivity index (χ1n) is 12.1. The Hall–Kier alpha value is -3.19. The smallest absolute Gasteiger partial charge is 0.251 e. The summed E-state index contributed by atoms with van der Waals surface area (Å²) in [4.78, 5) is 39.3. The number of hydrogen-bond acceptors (Lipinski definition) is 4. The SMILES string of the molecule is CCC(C)C(NC(=O)c1ccccc1)C(=O)Nc1ccc(CCN2CCC(C(N)=O)CC2)cc1. The number of primary amides is 1. The summed E-state index contributed by atoms with van der Waals surface area (Å²) in [7, 11) is 0. The van der Waals surface area contributed by atoms with Gasteiger partial charge in [-0.25, -0.2) is 0 Å². The number of likely N-dealkylation sites (tertiary alicyclic amines) is 1. The van der Waals surface area contributed by atoms with Gasteiger partial charge in [0.25, 0.3) is 5.91 Å². The van der Waals surface area contributed by atoms with Gasteiger partial charge in [0, 0.05) is 23.7 Å². The minimum Gasteiger partial charge on any atom is -0.369 e. The van der Waals surface area contributed by atoms with Crippen molar-refractivity contribution in [2.75, 3.05) is 25.0 Å². The molecule has 34 heavy (non-hydrogen) atoms. The Balaban J connectivity index is 1.52. The number of carbonyl (C=O) groups excluding carboxylic acids is 3. The number of amides is 3. The lowest BCUT2D eigenvalue weighted by Gasteiger charge is -2.30. The summed E-state index contributed by atoms with van der Waals surface area (Å²) >= 11 is 0. The number of nitrogens with zero attached hydrogens (tertiary/aromatic N) is 1.